The van der Waals surface area contributed by atoms with Gasteiger partial charge in [-0.2, -0.15) is 0 Å². The summed E-state index contributed by atoms with van der Waals surface area (Å²) in [5.41, 5.74) is 2.85. The van der Waals surface area contributed by atoms with Crippen molar-refractivity contribution in [2.24, 2.45) is 0 Å². The van der Waals surface area contributed by atoms with Crippen molar-refractivity contribution in [3.05, 3.63) is 41.5 Å². The third kappa shape index (κ3) is 3.26. The first-order valence-electron chi connectivity index (χ1n) is 6.11. The Hall–Kier alpha value is -0.390. The SMILES string of the molecule is Cc1ccccc2c(C(C)(C)C)cc(S(=O)(=O)[O-])c1-2.[Na+]. The zero-order chi connectivity index (χ0) is 14.4. The number of fused-ring (bicyclic) bond motifs is 1. The van der Waals surface area contributed by atoms with Gasteiger partial charge >= 0.3 is 29.6 Å². The van der Waals surface area contributed by atoms with E-state index in [0.717, 1.165) is 16.7 Å². The van der Waals surface area contributed by atoms with E-state index in [9.17, 15) is 13.0 Å². The van der Waals surface area contributed by atoms with Gasteiger partial charge in [0, 0.05) is 5.56 Å². The molecule has 0 heterocycles. The fourth-order valence-corrected chi connectivity index (χ4v) is 3.16. The van der Waals surface area contributed by atoms with E-state index in [0.29, 0.717) is 5.56 Å². The zero-order valence-corrected chi connectivity index (χ0v) is 15.3. The summed E-state index contributed by atoms with van der Waals surface area (Å²) < 4.78 is 34.5. The van der Waals surface area contributed by atoms with E-state index < -0.39 is 10.1 Å². The topological polar surface area (TPSA) is 57.2 Å². The van der Waals surface area contributed by atoms with Gasteiger partial charge in [0.2, 0.25) is 0 Å². The maximum atomic E-state index is 11.5. The van der Waals surface area contributed by atoms with Gasteiger partial charge in [-0.15, -0.1) is 0 Å². The van der Waals surface area contributed by atoms with Crippen molar-refractivity contribution in [1.29, 1.82) is 0 Å². The van der Waals surface area contributed by atoms with Crippen LogP contribution in [0.15, 0.2) is 35.2 Å². The molecule has 0 aromatic carbocycles. The smallest absolute Gasteiger partial charge is 0.744 e. The molecule has 0 saturated heterocycles. The Morgan fingerprint density at radius 1 is 1.10 bits per heavy atom. The minimum Gasteiger partial charge on any atom is -0.744 e. The summed E-state index contributed by atoms with van der Waals surface area (Å²) in [5, 5.41) is 0. The summed E-state index contributed by atoms with van der Waals surface area (Å²) in [6.07, 6.45) is 0. The van der Waals surface area contributed by atoms with Crippen molar-refractivity contribution in [2.45, 2.75) is 38.0 Å². The van der Waals surface area contributed by atoms with Gasteiger partial charge in [0.1, 0.15) is 10.1 Å². The van der Waals surface area contributed by atoms with Gasteiger partial charge in [0.15, 0.2) is 0 Å². The molecule has 0 spiro atoms. The summed E-state index contributed by atoms with van der Waals surface area (Å²) in [6.45, 7) is 7.84. The molecular weight excluding hydrogens is 283 g/mol. The first kappa shape index (κ1) is 17.7. The Bertz CT molecular complexity index is 700. The largest absolute Gasteiger partial charge is 1.00 e. The van der Waals surface area contributed by atoms with Crippen LogP contribution in [-0.4, -0.2) is 13.0 Å². The molecular formula is C15H17NaO3S. The molecule has 0 amide bonds. The fraction of sp³-hybridized carbons (Fsp3) is 0.333. The van der Waals surface area contributed by atoms with Crippen LogP contribution >= 0.6 is 0 Å². The van der Waals surface area contributed by atoms with Gasteiger partial charge in [0.25, 0.3) is 0 Å². The molecule has 0 N–H and O–H groups in total. The minimum atomic E-state index is -4.47. The van der Waals surface area contributed by atoms with E-state index in [1.54, 1.807) is 0 Å². The Morgan fingerprint density at radius 2 is 1.65 bits per heavy atom. The maximum Gasteiger partial charge on any atom is 1.00 e. The molecule has 2 aliphatic carbocycles. The van der Waals surface area contributed by atoms with Crippen LogP contribution in [0.3, 0.4) is 0 Å². The molecule has 0 fully saturated rings. The van der Waals surface area contributed by atoms with Crippen LogP contribution in [-0.2, 0) is 15.5 Å². The molecule has 2 rings (SSSR count). The predicted molar refractivity (Wildman–Crippen MR) is 74.5 cm³/mol. The summed E-state index contributed by atoms with van der Waals surface area (Å²) in [4.78, 5) is -0.110. The van der Waals surface area contributed by atoms with Crippen LogP contribution in [0.5, 0.6) is 0 Å². The minimum absolute atomic E-state index is 0. The van der Waals surface area contributed by atoms with Gasteiger partial charge in [-0.05, 0) is 35.1 Å². The molecule has 0 unspecified atom stereocenters. The molecule has 0 atom stereocenters. The molecule has 0 aliphatic heterocycles. The molecule has 3 nitrogen and oxygen atoms in total. The average Bonchev–Trinajstić information content (AvgIpc) is 2.54. The third-order valence-electron chi connectivity index (χ3n) is 3.27. The van der Waals surface area contributed by atoms with Crippen molar-refractivity contribution in [1.82, 2.24) is 0 Å². The monoisotopic (exact) mass is 300 g/mol. The van der Waals surface area contributed by atoms with Crippen LogP contribution < -0.4 is 29.6 Å². The van der Waals surface area contributed by atoms with E-state index in [1.807, 2.05) is 52.0 Å². The molecule has 102 valence electrons. The van der Waals surface area contributed by atoms with Gasteiger partial charge in [0.05, 0.1) is 4.90 Å². The summed E-state index contributed by atoms with van der Waals surface area (Å²) in [5.74, 6) is 0. The van der Waals surface area contributed by atoms with Crippen LogP contribution in [0, 0.1) is 6.92 Å². The van der Waals surface area contributed by atoms with E-state index in [4.69, 9.17) is 0 Å². The zero-order valence-electron chi connectivity index (χ0n) is 12.5. The van der Waals surface area contributed by atoms with Crippen molar-refractivity contribution >= 4 is 10.1 Å². The van der Waals surface area contributed by atoms with E-state index in [1.165, 1.54) is 6.07 Å². The second-order valence-corrected chi connectivity index (χ2v) is 7.16. The Morgan fingerprint density at radius 3 is 2.15 bits per heavy atom. The summed E-state index contributed by atoms with van der Waals surface area (Å²) >= 11 is 0. The van der Waals surface area contributed by atoms with Crippen molar-refractivity contribution in [3.8, 4) is 11.1 Å². The van der Waals surface area contributed by atoms with Crippen LogP contribution in [0.4, 0.5) is 0 Å². The molecule has 0 aromatic rings. The van der Waals surface area contributed by atoms with Gasteiger partial charge in [-0.1, -0.05) is 45.0 Å². The Labute approximate surface area is 142 Å². The van der Waals surface area contributed by atoms with Gasteiger partial charge in [-0.25, -0.2) is 8.42 Å². The predicted octanol–water partition coefficient (Wildman–Crippen LogP) is 0.305. The van der Waals surface area contributed by atoms with E-state index in [-0.39, 0.29) is 39.9 Å². The molecule has 0 radical (unpaired) electrons. The maximum absolute atomic E-state index is 11.5. The van der Waals surface area contributed by atoms with Crippen LogP contribution in [0.2, 0.25) is 0 Å². The van der Waals surface area contributed by atoms with Crippen molar-refractivity contribution < 1.29 is 42.5 Å². The molecule has 5 heteroatoms. The summed E-state index contributed by atoms with van der Waals surface area (Å²) in [7, 11) is -4.47. The first-order valence-corrected chi connectivity index (χ1v) is 7.52. The second-order valence-electron chi connectivity index (χ2n) is 5.82. The van der Waals surface area contributed by atoms with Crippen LogP contribution in [0.1, 0.15) is 31.9 Å². The Balaban J connectivity index is 0.00000200. The molecule has 0 saturated carbocycles. The fourth-order valence-electron chi connectivity index (χ4n) is 2.38. The third-order valence-corrected chi connectivity index (χ3v) is 4.13. The quantitative estimate of drug-likeness (QED) is 0.562. The van der Waals surface area contributed by atoms with Crippen LogP contribution in [0.25, 0.3) is 11.1 Å². The molecule has 2 aliphatic rings. The number of hydrogen-bond acceptors (Lipinski definition) is 3. The average molecular weight is 300 g/mol. The first-order chi connectivity index (χ1) is 8.62. The van der Waals surface area contributed by atoms with E-state index in [2.05, 4.69) is 0 Å². The van der Waals surface area contributed by atoms with E-state index >= 15 is 0 Å². The summed E-state index contributed by atoms with van der Waals surface area (Å²) in [6, 6.07) is 8.94. The standard InChI is InChI=1S/C15H18O3S.Na/c1-10-7-5-6-8-11-12(15(2,3)4)9-13(14(10)11)19(16,17)18;/h5-9H,1-4H3,(H,16,17,18);/q;+1/p-1. The molecule has 0 bridgehead atoms. The van der Waals surface area contributed by atoms with Crippen molar-refractivity contribution in [3.63, 3.8) is 0 Å². The van der Waals surface area contributed by atoms with Gasteiger partial charge < -0.3 is 4.55 Å². The number of hydrogen-bond donors (Lipinski definition) is 0. The van der Waals surface area contributed by atoms with Gasteiger partial charge in [-0.3, -0.25) is 0 Å². The number of rotatable bonds is 1. The van der Waals surface area contributed by atoms with Crippen molar-refractivity contribution in [2.75, 3.05) is 0 Å². The molecule has 20 heavy (non-hydrogen) atoms. The number of aryl methyl sites for hydroxylation is 1. The second kappa shape index (κ2) is 5.78. The Kier molecular flexibility index (Phi) is 5.10. The molecule has 0 aromatic heterocycles. The normalized spacial score (nSPS) is 12.2.